The molecule has 1 aromatic rings. The summed E-state index contributed by atoms with van der Waals surface area (Å²) in [7, 11) is 3.39. The highest BCUT2D eigenvalue weighted by atomic mass is 16.5. The molecule has 3 atom stereocenters. The third kappa shape index (κ3) is 6.18. The van der Waals surface area contributed by atoms with Crippen LogP contribution >= 0.6 is 0 Å². The Morgan fingerprint density at radius 2 is 1.78 bits per heavy atom. The first-order valence-electron chi connectivity index (χ1n) is 13.0. The Kier molecular flexibility index (Phi) is 8.51. The molecule has 0 aromatic heterocycles. The zero-order chi connectivity index (χ0) is 25.8. The molecule has 2 fully saturated rings. The lowest BCUT2D eigenvalue weighted by Crippen LogP contribution is -2.50. The number of hydrogen-bond acceptors (Lipinski definition) is 6. The van der Waals surface area contributed by atoms with Crippen molar-refractivity contribution in [1.82, 2.24) is 9.80 Å². The molecule has 2 aliphatic heterocycles. The van der Waals surface area contributed by atoms with Crippen molar-refractivity contribution in [2.24, 2.45) is 17.8 Å². The molecule has 3 amide bonds. The van der Waals surface area contributed by atoms with Crippen molar-refractivity contribution in [3.05, 3.63) is 23.8 Å². The monoisotopic (exact) mass is 501 g/mol. The van der Waals surface area contributed by atoms with Crippen LogP contribution in [0.25, 0.3) is 0 Å². The molecule has 9 nitrogen and oxygen atoms in total. The zero-order valence-corrected chi connectivity index (χ0v) is 21.8. The lowest BCUT2D eigenvalue weighted by Gasteiger charge is -2.38. The van der Waals surface area contributed by atoms with Crippen LogP contribution in [-0.2, 0) is 19.1 Å². The molecule has 1 saturated heterocycles. The van der Waals surface area contributed by atoms with Gasteiger partial charge in [-0.15, -0.1) is 0 Å². The highest BCUT2D eigenvalue weighted by Crippen LogP contribution is 2.32. The van der Waals surface area contributed by atoms with Crippen molar-refractivity contribution in [1.29, 1.82) is 0 Å². The predicted octanol–water partition coefficient (Wildman–Crippen LogP) is 2.79. The van der Waals surface area contributed by atoms with E-state index >= 15 is 0 Å². The van der Waals surface area contributed by atoms with E-state index in [0.717, 1.165) is 25.7 Å². The van der Waals surface area contributed by atoms with E-state index in [0.29, 0.717) is 43.3 Å². The van der Waals surface area contributed by atoms with E-state index in [2.05, 4.69) is 12.2 Å². The van der Waals surface area contributed by atoms with Gasteiger partial charge in [0.25, 0.3) is 5.91 Å². The normalized spacial score (nSPS) is 26.3. The number of nitrogens with one attached hydrogen (secondary N) is 1. The van der Waals surface area contributed by atoms with Crippen LogP contribution in [0.1, 0.15) is 49.9 Å². The molecule has 9 heteroatoms. The number of likely N-dealkylation sites (N-methyl/N-ethyl adjacent to an activating group) is 1. The SMILES string of the molecule is CO[C@H]1CN(C)C(=O)c2ccc(NC(=O)C3CC3)cc2OC[C@@H](C)N(C(=O)C2CCOCC2)C[C@@H]1C. The number of carbonyl (C=O) groups is 3. The van der Waals surface area contributed by atoms with Crippen LogP contribution in [0.2, 0.25) is 0 Å². The summed E-state index contributed by atoms with van der Waals surface area (Å²) in [6.07, 6.45) is 3.01. The van der Waals surface area contributed by atoms with Crippen molar-refractivity contribution in [3.8, 4) is 5.75 Å². The maximum Gasteiger partial charge on any atom is 0.257 e. The third-order valence-electron chi connectivity index (χ3n) is 7.52. The lowest BCUT2D eigenvalue weighted by molar-refractivity contribution is -0.143. The zero-order valence-electron chi connectivity index (χ0n) is 21.8. The second kappa shape index (κ2) is 11.6. The lowest BCUT2D eigenvalue weighted by atomic mass is 9.95. The van der Waals surface area contributed by atoms with Crippen molar-refractivity contribution < 1.29 is 28.6 Å². The van der Waals surface area contributed by atoms with E-state index in [-0.39, 0.29) is 54.2 Å². The Hall–Kier alpha value is -2.65. The van der Waals surface area contributed by atoms with Gasteiger partial charge in [0, 0.05) is 70.0 Å². The fourth-order valence-corrected chi connectivity index (χ4v) is 4.93. The summed E-state index contributed by atoms with van der Waals surface area (Å²) >= 11 is 0. The van der Waals surface area contributed by atoms with Gasteiger partial charge >= 0.3 is 0 Å². The summed E-state index contributed by atoms with van der Waals surface area (Å²) in [5, 5.41) is 2.93. The van der Waals surface area contributed by atoms with Crippen LogP contribution in [0.4, 0.5) is 5.69 Å². The van der Waals surface area contributed by atoms with Crippen LogP contribution in [0.3, 0.4) is 0 Å². The molecule has 1 N–H and O–H groups in total. The summed E-state index contributed by atoms with van der Waals surface area (Å²) in [4.78, 5) is 42.8. The van der Waals surface area contributed by atoms with Gasteiger partial charge in [-0.3, -0.25) is 14.4 Å². The fourth-order valence-electron chi connectivity index (χ4n) is 4.93. The highest BCUT2D eigenvalue weighted by Gasteiger charge is 2.34. The van der Waals surface area contributed by atoms with Crippen LogP contribution in [0.5, 0.6) is 5.75 Å². The first kappa shape index (κ1) is 26.4. The van der Waals surface area contributed by atoms with Crippen LogP contribution in [0.15, 0.2) is 18.2 Å². The van der Waals surface area contributed by atoms with E-state index in [1.807, 2.05) is 11.8 Å². The average Bonchev–Trinajstić information content (AvgIpc) is 3.74. The van der Waals surface area contributed by atoms with Gasteiger partial charge in [0.1, 0.15) is 12.4 Å². The minimum absolute atomic E-state index is 0.00919. The van der Waals surface area contributed by atoms with Crippen molar-refractivity contribution >= 4 is 23.4 Å². The standard InChI is InChI=1S/C27H39N3O6/c1-17-14-30(26(32)20-9-11-35-12-10-20)18(2)16-36-23-13-21(28-25(31)19-5-6-19)7-8-22(23)27(33)29(3)15-24(17)34-4/h7-8,13,17-20,24H,5-6,9-12,14-16H2,1-4H3,(H,28,31)/t17-,18+,24-/m0/s1. The quantitative estimate of drug-likeness (QED) is 0.682. The van der Waals surface area contributed by atoms with Gasteiger partial charge in [0.2, 0.25) is 11.8 Å². The smallest absolute Gasteiger partial charge is 0.257 e. The van der Waals surface area contributed by atoms with Gasteiger partial charge < -0.3 is 29.3 Å². The second-order valence-corrected chi connectivity index (χ2v) is 10.4. The molecular weight excluding hydrogens is 462 g/mol. The minimum atomic E-state index is -0.239. The maximum absolute atomic E-state index is 13.6. The molecule has 1 aromatic carbocycles. The third-order valence-corrected chi connectivity index (χ3v) is 7.52. The van der Waals surface area contributed by atoms with Crippen LogP contribution in [0, 0.1) is 17.8 Å². The second-order valence-electron chi connectivity index (χ2n) is 10.4. The molecule has 0 bridgehead atoms. The molecule has 1 saturated carbocycles. The Morgan fingerprint density at radius 1 is 1.06 bits per heavy atom. The van der Waals surface area contributed by atoms with E-state index in [1.54, 1.807) is 37.3 Å². The topological polar surface area (TPSA) is 97.4 Å². The van der Waals surface area contributed by atoms with Gasteiger partial charge in [0.15, 0.2) is 0 Å². The van der Waals surface area contributed by atoms with E-state index in [4.69, 9.17) is 14.2 Å². The van der Waals surface area contributed by atoms with Gasteiger partial charge in [-0.05, 0) is 44.7 Å². The summed E-state index contributed by atoms with van der Waals surface area (Å²) in [6, 6.07) is 4.93. The fraction of sp³-hybridized carbons (Fsp3) is 0.667. The molecule has 0 radical (unpaired) electrons. The highest BCUT2D eigenvalue weighted by molar-refractivity contribution is 5.99. The number of carbonyl (C=O) groups excluding carboxylic acids is 3. The molecule has 36 heavy (non-hydrogen) atoms. The number of anilines is 1. The van der Waals surface area contributed by atoms with Gasteiger partial charge in [-0.1, -0.05) is 6.92 Å². The molecule has 4 rings (SSSR count). The van der Waals surface area contributed by atoms with E-state index in [1.165, 1.54) is 0 Å². The van der Waals surface area contributed by atoms with E-state index in [9.17, 15) is 14.4 Å². The molecule has 0 unspecified atom stereocenters. The van der Waals surface area contributed by atoms with Gasteiger partial charge in [-0.2, -0.15) is 0 Å². The molecule has 198 valence electrons. The number of fused-ring (bicyclic) bond motifs is 1. The van der Waals surface area contributed by atoms with Gasteiger partial charge in [0.05, 0.1) is 17.7 Å². The van der Waals surface area contributed by atoms with Gasteiger partial charge in [-0.25, -0.2) is 0 Å². The first-order valence-corrected chi connectivity index (χ1v) is 13.0. The van der Waals surface area contributed by atoms with Crippen molar-refractivity contribution in [2.75, 3.05) is 52.4 Å². The minimum Gasteiger partial charge on any atom is -0.491 e. The number of hydrogen-bond donors (Lipinski definition) is 1. The van der Waals surface area contributed by atoms with Crippen molar-refractivity contribution in [3.63, 3.8) is 0 Å². The molecule has 3 aliphatic rings. The molecule has 1 aliphatic carbocycles. The largest absolute Gasteiger partial charge is 0.491 e. The molecular formula is C27H39N3O6. The van der Waals surface area contributed by atoms with Crippen LogP contribution < -0.4 is 10.1 Å². The number of amides is 3. The Labute approximate surface area is 213 Å². The predicted molar refractivity (Wildman–Crippen MR) is 135 cm³/mol. The number of methoxy groups -OCH3 is 1. The summed E-state index contributed by atoms with van der Waals surface area (Å²) in [5.74, 6) is 0.334. The molecule has 0 spiro atoms. The van der Waals surface area contributed by atoms with Crippen LogP contribution in [-0.4, -0.2) is 86.7 Å². The Balaban J connectivity index is 1.62. The first-order chi connectivity index (χ1) is 17.3. The summed E-state index contributed by atoms with van der Waals surface area (Å²) < 4.78 is 17.4. The maximum atomic E-state index is 13.6. The average molecular weight is 502 g/mol. The summed E-state index contributed by atoms with van der Waals surface area (Å²) in [6.45, 7) is 6.34. The number of benzene rings is 1. The number of rotatable bonds is 4. The number of nitrogens with zero attached hydrogens (tertiary/aromatic N) is 2. The Bertz CT molecular complexity index is 959. The molecule has 2 heterocycles. The number of ether oxygens (including phenoxy) is 3. The van der Waals surface area contributed by atoms with Crippen molar-refractivity contribution in [2.45, 2.75) is 51.7 Å². The summed E-state index contributed by atoms with van der Waals surface area (Å²) in [5.41, 5.74) is 1.01. The Morgan fingerprint density at radius 3 is 2.44 bits per heavy atom. The van der Waals surface area contributed by atoms with E-state index < -0.39 is 0 Å².